The Labute approximate surface area is 180 Å². The quantitative estimate of drug-likeness (QED) is 0.354. The lowest BCUT2D eigenvalue weighted by atomic mass is 9.89. The number of rotatable bonds is 5. The zero-order valence-corrected chi connectivity index (χ0v) is 17.4. The molecule has 0 saturated carbocycles. The number of aryl methyl sites for hydroxylation is 1. The molecule has 2 heterocycles. The number of nitrogens with one attached hydrogen (secondary N) is 1. The molecule has 1 aromatic carbocycles. The molecule has 0 fully saturated rings. The highest BCUT2D eigenvalue weighted by molar-refractivity contribution is 7.18. The SMILES string of the molecule is C[C@H]1CCc2c(sc3ncn(CC(=O)N/N=C\c4ccc(O)c([N+](=O)[O-])c4)c(=O)c23)C1. The minimum absolute atomic E-state index is 0.245. The maximum Gasteiger partial charge on any atom is 0.311 e. The fraction of sp³-hybridized carbons (Fsp3) is 0.300. The van der Waals surface area contributed by atoms with Crippen molar-refractivity contribution in [3.8, 4) is 5.75 Å². The summed E-state index contributed by atoms with van der Waals surface area (Å²) in [6, 6.07) is 3.72. The topological polar surface area (TPSA) is 140 Å². The molecule has 1 amide bonds. The molecule has 1 atom stereocenters. The van der Waals surface area contributed by atoms with Gasteiger partial charge >= 0.3 is 5.69 Å². The number of phenols is 1. The number of hydrogen-bond donors (Lipinski definition) is 2. The van der Waals surface area contributed by atoms with Gasteiger partial charge in [-0.3, -0.25) is 24.3 Å². The third-order valence-corrected chi connectivity index (χ3v) is 6.36. The first-order valence-electron chi connectivity index (χ1n) is 9.62. The van der Waals surface area contributed by atoms with Crippen molar-refractivity contribution in [1.82, 2.24) is 15.0 Å². The Hall–Kier alpha value is -3.60. The van der Waals surface area contributed by atoms with Crippen LogP contribution in [0.4, 0.5) is 5.69 Å². The summed E-state index contributed by atoms with van der Waals surface area (Å²) in [5.74, 6) is -0.412. The first-order valence-corrected chi connectivity index (χ1v) is 10.4. The smallest absolute Gasteiger partial charge is 0.311 e. The summed E-state index contributed by atoms with van der Waals surface area (Å²) in [6.45, 7) is 1.94. The van der Waals surface area contributed by atoms with E-state index in [0.717, 1.165) is 30.9 Å². The monoisotopic (exact) mass is 441 g/mol. The van der Waals surface area contributed by atoms with E-state index in [1.807, 2.05) is 0 Å². The summed E-state index contributed by atoms with van der Waals surface area (Å²) in [5.41, 5.74) is 2.96. The minimum Gasteiger partial charge on any atom is -0.502 e. The Morgan fingerprint density at radius 2 is 2.32 bits per heavy atom. The molecule has 1 aliphatic carbocycles. The predicted octanol–water partition coefficient (Wildman–Crippen LogP) is 2.35. The first-order chi connectivity index (χ1) is 14.8. The van der Waals surface area contributed by atoms with E-state index in [4.69, 9.17) is 0 Å². The maximum atomic E-state index is 12.9. The number of phenolic OH excluding ortho intramolecular Hbond substituents is 1. The lowest BCUT2D eigenvalue weighted by molar-refractivity contribution is -0.385. The summed E-state index contributed by atoms with van der Waals surface area (Å²) in [4.78, 5) is 41.6. The zero-order chi connectivity index (χ0) is 22.1. The molecule has 31 heavy (non-hydrogen) atoms. The van der Waals surface area contributed by atoms with E-state index in [-0.39, 0.29) is 12.1 Å². The zero-order valence-electron chi connectivity index (χ0n) is 16.6. The van der Waals surface area contributed by atoms with Crippen molar-refractivity contribution in [2.24, 2.45) is 11.0 Å². The molecule has 10 nitrogen and oxygen atoms in total. The van der Waals surface area contributed by atoms with E-state index in [1.54, 1.807) is 11.3 Å². The van der Waals surface area contributed by atoms with Crippen molar-refractivity contribution < 1.29 is 14.8 Å². The van der Waals surface area contributed by atoms with Crippen LogP contribution in [0.1, 0.15) is 29.3 Å². The third-order valence-electron chi connectivity index (χ3n) is 5.20. The second-order valence-electron chi connectivity index (χ2n) is 7.51. The molecule has 0 radical (unpaired) electrons. The Kier molecular flexibility index (Phi) is 5.51. The highest BCUT2D eigenvalue weighted by atomic mass is 32.1. The van der Waals surface area contributed by atoms with Crippen LogP contribution < -0.4 is 11.0 Å². The number of aromatic hydroxyl groups is 1. The number of carbonyl (C=O) groups is 1. The second kappa shape index (κ2) is 8.26. The van der Waals surface area contributed by atoms with Crippen molar-refractivity contribution in [2.75, 3.05) is 0 Å². The number of nitro groups is 1. The van der Waals surface area contributed by atoms with Gasteiger partial charge in [0.1, 0.15) is 11.4 Å². The van der Waals surface area contributed by atoms with Crippen LogP contribution in [-0.4, -0.2) is 31.7 Å². The van der Waals surface area contributed by atoms with Crippen molar-refractivity contribution in [2.45, 2.75) is 32.7 Å². The molecule has 3 aromatic rings. The van der Waals surface area contributed by atoms with E-state index in [9.17, 15) is 24.8 Å². The predicted molar refractivity (Wildman–Crippen MR) is 116 cm³/mol. The van der Waals surface area contributed by atoms with Crippen LogP contribution in [-0.2, 0) is 24.2 Å². The highest BCUT2D eigenvalue weighted by Crippen LogP contribution is 2.35. The van der Waals surface area contributed by atoms with Gasteiger partial charge in [0.2, 0.25) is 0 Å². The molecular formula is C20H19N5O5S. The van der Waals surface area contributed by atoms with Crippen molar-refractivity contribution in [1.29, 1.82) is 0 Å². The number of nitrogens with zero attached hydrogens (tertiary/aromatic N) is 4. The van der Waals surface area contributed by atoms with Crippen LogP contribution in [0, 0.1) is 16.0 Å². The molecule has 2 N–H and O–H groups in total. The van der Waals surface area contributed by atoms with Crippen LogP contribution in [0.2, 0.25) is 0 Å². The number of nitro benzene ring substituents is 1. The Morgan fingerprint density at radius 3 is 3.10 bits per heavy atom. The van der Waals surface area contributed by atoms with E-state index in [0.29, 0.717) is 21.7 Å². The van der Waals surface area contributed by atoms with Gasteiger partial charge in [0.05, 0.1) is 22.9 Å². The number of thiophene rings is 1. The van der Waals surface area contributed by atoms with Gasteiger partial charge in [-0.05, 0) is 42.9 Å². The lowest BCUT2D eigenvalue weighted by Gasteiger charge is -2.17. The average molecular weight is 441 g/mol. The molecule has 0 unspecified atom stereocenters. The average Bonchev–Trinajstić information content (AvgIpc) is 3.09. The number of carbonyl (C=O) groups excluding carboxylic acids is 1. The normalized spacial score (nSPS) is 15.8. The van der Waals surface area contributed by atoms with Crippen molar-refractivity contribution >= 4 is 39.4 Å². The standard InChI is InChI=1S/C20H19N5O5S/c1-11-2-4-13-16(6-11)31-19-18(13)20(28)24(10-21-19)9-17(27)23-22-8-12-3-5-15(26)14(7-12)25(29)30/h3,5,7-8,10-11,26H,2,4,6,9H2,1H3,(H,23,27)/b22-8-/t11-/m0/s1. The fourth-order valence-electron chi connectivity index (χ4n) is 3.61. The maximum absolute atomic E-state index is 12.9. The number of hydrogen-bond acceptors (Lipinski definition) is 8. The summed E-state index contributed by atoms with van der Waals surface area (Å²) in [7, 11) is 0. The first kappa shape index (κ1) is 20.7. The fourth-order valence-corrected chi connectivity index (χ4v) is 4.96. The number of aromatic nitrogens is 2. The van der Waals surface area contributed by atoms with Crippen LogP contribution in [0.15, 0.2) is 34.4 Å². The number of benzene rings is 1. The molecule has 4 rings (SSSR count). The molecule has 0 saturated heterocycles. The van der Waals surface area contributed by atoms with Gasteiger partial charge in [0, 0.05) is 16.5 Å². The van der Waals surface area contributed by atoms with Gasteiger partial charge in [-0.2, -0.15) is 5.10 Å². The number of amides is 1. The molecule has 11 heteroatoms. The van der Waals surface area contributed by atoms with Gasteiger partial charge in [0.15, 0.2) is 5.75 Å². The highest BCUT2D eigenvalue weighted by Gasteiger charge is 2.23. The van der Waals surface area contributed by atoms with E-state index in [1.165, 1.54) is 34.1 Å². The number of fused-ring (bicyclic) bond motifs is 3. The molecule has 2 aromatic heterocycles. The van der Waals surface area contributed by atoms with Crippen LogP contribution in [0.3, 0.4) is 0 Å². The largest absolute Gasteiger partial charge is 0.502 e. The Bertz CT molecular complexity index is 1280. The van der Waals surface area contributed by atoms with E-state index < -0.39 is 22.3 Å². The van der Waals surface area contributed by atoms with Gasteiger partial charge in [-0.25, -0.2) is 10.4 Å². The van der Waals surface area contributed by atoms with Crippen molar-refractivity contribution in [3.63, 3.8) is 0 Å². The van der Waals surface area contributed by atoms with Gasteiger partial charge < -0.3 is 5.11 Å². The Balaban J connectivity index is 1.48. The van der Waals surface area contributed by atoms with Crippen LogP contribution >= 0.6 is 11.3 Å². The third kappa shape index (κ3) is 4.17. The van der Waals surface area contributed by atoms with E-state index in [2.05, 4.69) is 22.4 Å². The van der Waals surface area contributed by atoms with Gasteiger partial charge in [-0.15, -0.1) is 11.3 Å². The summed E-state index contributed by atoms with van der Waals surface area (Å²) in [6.07, 6.45) is 5.39. The minimum atomic E-state index is -0.718. The molecule has 160 valence electrons. The number of hydrazone groups is 1. The van der Waals surface area contributed by atoms with Crippen LogP contribution in [0.25, 0.3) is 10.2 Å². The van der Waals surface area contributed by atoms with E-state index >= 15 is 0 Å². The summed E-state index contributed by atoms with van der Waals surface area (Å²) in [5, 5.41) is 24.7. The van der Waals surface area contributed by atoms with Crippen molar-refractivity contribution in [3.05, 3.63) is 61.0 Å². The molecule has 0 bridgehead atoms. The van der Waals surface area contributed by atoms with Gasteiger partial charge in [-0.1, -0.05) is 6.92 Å². The molecule has 0 aliphatic heterocycles. The Morgan fingerprint density at radius 1 is 1.52 bits per heavy atom. The summed E-state index contributed by atoms with van der Waals surface area (Å²) >= 11 is 1.55. The molecule has 0 spiro atoms. The second-order valence-corrected chi connectivity index (χ2v) is 8.59. The van der Waals surface area contributed by atoms with Crippen LogP contribution in [0.5, 0.6) is 5.75 Å². The lowest BCUT2D eigenvalue weighted by Crippen LogP contribution is -2.30. The molecular weight excluding hydrogens is 422 g/mol. The molecule has 1 aliphatic rings. The van der Waals surface area contributed by atoms with Gasteiger partial charge in [0.25, 0.3) is 11.5 Å². The summed E-state index contributed by atoms with van der Waals surface area (Å²) < 4.78 is 1.25.